The van der Waals surface area contributed by atoms with Gasteiger partial charge in [-0.3, -0.25) is 5.10 Å². The number of aromatic amines is 1. The minimum Gasteiger partial charge on any atom is -0.330 e. The van der Waals surface area contributed by atoms with E-state index in [0.717, 1.165) is 0 Å². The second-order valence-corrected chi connectivity index (χ2v) is 4.90. The zero-order valence-corrected chi connectivity index (χ0v) is 8.79. The second-order valence-electron chi connectivity index (χ2n) is 2.89. The highest BCUT2D eigenvalue weighted by atomic mass is 32.2. The van der Waals surface area contributed by atoms with Crippen LogP contribution >= 0.6 is 0 Å². The van der Waals surface area contributed by atoms with Crippen molar-refractivity contribution in [3.05, 3.63) is 12.3 Å². The Morgan fingerprint density at radius 3 is 2.86 bits per heavy atom. The highest BCUT2D eigenvalue weighted by Gasteiger charge is 2.20. The molecule has 1 aromatic rings. The summed E-state index contributed by atoms with van der Waals surface area (Å²) in [6, 6.07) is 1.42. The Hall–Kier alpha value is -0.920. The van der Waals surface area contributed by atoms with Crippen molar-refractivity contribution in [1.82, 2.24) is 14.5 Å². The van der Waals surface area contributed by atoms with Gasteiger partial charge in [-0.25, -0.2) is 8.42 Å². The van der Waals surface area contributed by atoms with E-state index in [2.05, 4.69) is 10.2 Å². The van der Waals surface area contributed by atoms with Crippen molar-refractivity contribution in [1.29, 1.82) is 0 Å². The molecule has 0 atom stereocenters. The minimum atomic E-state index is -3.41. The fourth-order valence-electron chi connectivity index (χ4n) is 0.989. The first-order valence-corrected chi connectivity index (χ1v) is 5.69. The van der Waals surface area contributed by atoms with E-state index in [1.54, 1.807) is 0 Å². The van der Waals surface area contributed by atoms with Crippen LogP contribution in [0.2, 0.25) is 0 Å². The van der Waals surface area contributed by atoms with E-state index in [1.165, 1.54) is 23.6 Å². The predicted octanol–water partition coefficient (Wildman–Crippen LogP) is -0.621. The van der Waals surface area contributed by atoms with E-state index in [9.17, 15) is 8.42 Å². The van der Waals surface area contributed by atoms with E-state index < -0.39 is 10.0 Å². The fraction of sp³-hybridized carbons (Fsp3) is 0.571. The fourth-order valence-corrected chi connectivity index (χ4v) is 2.09. The molecular weight excluding hydrogens is 204 g/mol. The number of nitrogens with one attached hydrogen (secondary N) is 1. The molecular formula is C7H14N4O2S. The topological polar surface area (TPSA) is 92.1 Å². The SMILES string of the molecule is CN(CCCN)S(=O)(=O)c1ccn[nH]1. The van der Waals surface area contributed by atoms with Crippen LogP contribution in [0.25, 0.3) is 0 Å². The summed E-state index contributed by atoms with van der Waals surface area (Å²) in [7, 11) is -1.89. The van der Waals surface area contributed by atoms with Crippen molar-refractivity contribution < 1.29 is 8.42 Å². The molecule has 0 aliphatic heterocycles. The summed E-state index contributed by atoms with van der Waals surface area (Å²) in [6.07, 6.45) is 2.05. The molecule has 1 rings (SSSR count). The average molecular weight is 218 g/mol. The van der Waals surface area contributed by atoms with Crippen LogP contribution in [0, 0.1) is 0 Å². The Morgan fingerprint density at radius 2 is 2.36 bits per heavy atom. The molecule has 0 bridgehead atoms. The maximum atomic E-state index is 11.7. The van der Waals surface area contributed by atoms with Crippen LogP contribution in [0.3, 0.4) is 0 Å². The van der Waals surface area contributed by atoms with Gasteiger partial charge in [0.1, 0.15) is 0 Å². The monoisotopic (exact) mass is 218 g/mol. The molecule has 1 heterocycles. The number of hydrogen-bond acceptors (Lipinski definition) is 4. The number of nitrogens with two attached hydrogens (primary N) is 1. The van der Waals surface area contributed by atoms with Crippen molar-refractivity contribution in [2.45, 2.75) is 11.4 Å². The van der Waals surface area contributed by atoms with Crippen LogP contribution in [0.1, 0.15) is 6.42 Å². The molecule has 1 aromatic heterocycles. The molecule has 0 saturated carbocycles. The largest absolute Gasteiger partial charge is 0.330 e. The third-order valence-electron chi connectivity index (χ3n) is 1.84. The molecule has 0 unspecified atom stereocenters. The second kappa shape index (κ2) is 4.54. The quantitative estimate of drug-likeness (QED) is 0.689. The third-order valence-corrected chi connectivity index (χ3v) is 3.63. The molecule has 0 aliphatic rings. The molecule has 0 aromatic carbocycles. The summed E-state index contributed by atoms with van der Waals surface area (Å²) in [5.41, 5.74) is 5.30. The Bertz CT molecular complexity index is 359. The molecule has 7 heteroatoms. The van der Waals surface area contributed by atoms with Crippen LogP contribution in [-0.2, 0) is 10.0 Å². The van der Waals surface area contributed by atoms with Crippen molar-refractivity contribution in [3.63, 3.8) is 0 Å². The Kier molecular flexibility index (Phi) is 3.62. The van der Waals surface area contributed by atoms with E-state index in [-0.39, 0.29) is 5.03 Å². The standard InChI is InChI=1S/C7H14N4O2S/c1-11(6-2-4-8)14(12,13)7-3-5-9-10-7/h3,5H,2,4,6,8H2,1H3,(H,9,10). The smallest absolute Gasteiger partial charge is 0.259 e. The number of rotatable bonds is 5. The number of hydrogen-bond donors (Lipinski definition) is 2. The highest BCUT2D eigenvalue weighted by molar-refractivity contribution is 7.89. The Balaban J connectivity index is 2.76. The van der Waals surface area contributed by atoms with E-state index in [4.69, 9.17) is 5.73 Å². The van der Waals surface area contributed by atoms with Gasteiger partial charge in [0.05, 0.1) is 6.20 Å². The lowest BCUT2D eigenvalue weighted by Gasteiger charge is -2.14. The number of sulfonamides is 1. The molecule has 0 aliphatic carbocycles. The van der Waals surface area contributed by atoms with Gasteiger partial charge in [-0.05, 0) is 19.0 Å². The van der Waals surface area contributed by atoms with Crippen LogP contribution in [0.15, 0.2) is 17.3 Å². The van der Waals surface area contributed by atoms with Crippen LogP contribution in [0.5, 0.6) is 0 Å². The lowest BCUT2D eigenvalue weighted by Crippen LogP contribution is -2.29. The van der Waals surface area contributed by atoms with Crippen molar-refractivity contribution in [3.8, 4) is 0 Å². The summed E-state index contributed by atoms with van der Waals surface area (Å²) in [5.74, 6) is 0. The molecule has 6 nitrogen and oxygen atoms in total. The van der Waals surface area contributed by atoms with Gasteiger partial charge in [-0.1, -0.05) is 0 Å². The molecule has 0 radical (unpaired) electrons. The molecule has 14 heavy (non-hydrogen) atoms. The molecule has 80 valence electrons. The van der Waals surface area contributed by atoms with Gasteiger partial charge in [0, 0.05) is 13.6 Å². The summed E-state index contributed by atoms with van der Waals surface area (Å²) in [5, 5.41) is 6.13. The maximum Gasteiger partial charge on any atom is 0.259 e. The lowest BCUT2D eigenvalue weighted by molar-refractivity contribution is 0.461. The number of aromatic nitrogens is 2. The third kappa shape index (κ3) is 2.31. The summed E-state index contributed by atoms with van der Waals surface area (Å²) in [4.78, 5) is 0. The van der Waals surface area contributed by atoms with Gasteiger partial charge < -0.3 is 5.73 Å². The first kappa shape index (κ1) is 11.2. The van der Waals surface area contributed by atoms with Crippen LogP contribution in [-0.4, -0.2) is 43.1 Å². The summed E-state index contributed by atoms with van der Waals surface area (Å²) in [6.45, 7) is 0.890. The molecule has 0 amide bonds. The Morgan fingerprint density at radius 1 is 1.64 bits per heavy atom. The van der Waals surface area contributed by atoms with Crippen molar-refractivity contribution in [2.24, 2.45) is 5.73 Å². The van der Waals surface area contributed by atoms with Crippen molar-refractivity contribution >= 4 is 10.0 Å². The average Bonchev–Trinajstić information content (AvgIpc) is 2.67. The number of H-pyrrole nitrogens is 1. The number of nitrogens with zero attached hydrogens (tertiary/aromatic N) is 2. The van der Waals surface area contributed by atoms with E-state index >= 15 is 0 Å². The van der Waals surface area contributed by atoms with Gasteiger partial charge in [-0.15, -0.1) is 0 Å². The predicted molar refractivity (Wildman–Crippen MR) is 52.1 cm³/mol. The van der Waals surface area contributed by atoms with E-state index in [0.29, 0.717) is 19.5 Å². The Labute approximate surface area is 83.1 Å². The van der Waals surface area contributed by atoms with Gasteiger partial charge in [0.2, 0.25) is 0 Å². The molecule has 0 fully saturated rings. The van der Waals surface area contributed by atoms with Crippen LogP contribution < -0.4 is 5.73 Å². The molecule has 0 spiro atoms. The molecule has 3 N–H and O–H groups in total. The minimum absolute atomic E-state index is 0.108. The zero-order chi connectivity index (χ0) is 10.6. The van der Waals surface area contributed by atoms with Crippen molar-refractivity contribution in [2.75, 3.05) is 20.1 Å². The summed E-state index contributed by atoms with van der Waals surface area (Å²) >= 11 is 0. The zero-order valence-electron chi connectivity index (χ0n) is 7.97. The van der Waals surface area contributed by atoms with E-state index in [1.807, 2.05) is 0 Å². The lowest BCUT2D eigenvalue weighted by atomic mass is 10.4. The highest BCUT2D eigenvalue weighted by Crippen LogP contribution is 2.09. The normalized spacial score (nSPS) is 12.2. The first-order chi connectivity index (χ1) is 6.59. The summed E-state index contributed by atoms with van der Waals surface area (Å²) < 4.78 is 24.7. The van der Waals surface area contributed by atoms with Gasteiger partial charge in [0.25, 0.3) is 10.0 Å². The van der Waals surface area contributed by atoms with Gasteiger partial charge >= 0.3 is 0 Å². The maximum absolute atomic E-state index is 11.7. The molecule has 0 saturated heterocycles. The first-order valence-electron chi connectivity index (χ1n) is 4.25. The van der Waals surface area contributed by atoms with Gasteiger partial charge in [-0.2, -0.15) is 9.40 Å². The van der Waals surface area contributed by atoms with Crippen LogP contribution in [0.4, 0.5) is 0 Å². The van der Waals surface area contributed by atoms with Gasteiger partial charge in [0.15, 0.2) is 5.03 Å².